The Bertz CT molecular complexity index is 1180. The quantitative estimate of drug-likeness (QED) is 0.409. The third-order valence-electron chi connectivity index (χ3n) is 5.84. The first-order valence-electron chi connectivity index (χ1n) is 12.0. The van der Waals surface area contributed by atoms with E-state index in [1.807, 2.05) is 60.7 Å². The van der Waals surface area contributed by atoms with Crippen LogP contribution in [0.2, 0.25) is 0 Å². The summed E-state index contributed by atoms with van der Waals surface area (Å²) in [5.41, 5.74) is 2.19. The molecule has 0 saturated carbocycles. The van der Waals surface area contributed by atoms with Gasteiger partial charge in [0.25, 0.3) is 0 Å². The zero-order chi connectivity index (χ0) is 24.6. The number of hydrogen-bond acceptors (Lipinski definition) is 6. The number of aromatic nitrogens is 1. The molecule has 1 unspecified atom stereocenters. The maximum atomic E-state index is 13.6. The molecule has 0 aliphatic carbocycles. The van der Waals surface area contributed by atoms with Gasteiger partial charge in [-0.1, -0.05) is 60.7 Å². The molecule has 1 aromatic heterocycles. The summed E-state index contributed by atoms with van der Waals surface area (Å²) >= 11 is 0. The minimum absolute atomic E-state index is 0.136. The molecule has 2 heterocycles. The van der Waals surface area contributed by atoms with Crippen molar-refractivity contribution in [3.8, 4) is 22.9 Å². The van der Waals surface area contributed by atoms with Crippen LogP contribution in [0.15, 0.2) is 65.5 Å². The van der Waals surface area contributed by atoms with Crippen LogP contribution in [0, 0.1) is 6.92 Å². The Morgan fingerprint density at radius 2 is 1.77 bits per heavy atom. The number of carbonyl (C=O) groups is 1. The summed E-state index contributed by atoms with van der Waals surface area (Å²) in [5.74, 6) is 0.0239. The highest BCUT2D eigenvalue weighted by Crippen LogP contribution is 2.34. The second-order valence-corrected chi connectivity index (χ2v) is 8.38. The molecule has 1 aliphatic rings. The lowest BCUT2D eigenvalue weighted by Crippen LogP contribution is -2.30. The summed E-state index contributed by atoms with van der Waals surface area (Å²) in [6.07, 6.45) is 2.15. The maximum absolute atomic E-state index is 13.6. The lowest BCUT2D eigenvalue weighted by Gasteiger charge is -2.28. The zero-order valence-electron chi connectivity index (χ0n) is 20.2. The first-order valence-corrected chi connectivity index (χ1v) is 12.0. The Labute approximate surface area is 205 Å². The molecule has 0 N–H and O–H groups in total. The first kappa shape index (κ1) is 24.5. The molecule has 7 nitrogen and oxygen atoms in total. The highest BCUT2D eigenvalue weighted by molar-refractivity contribution is 5.74. The van der Waals surface area contributed by atoms with Crippen LogP contribution in [0.5, 0.6) is 11.6 Å². The minimum atomic E-state index is -0.491. The van der Waals surface area contributed by atoms with E-state index in [9.17, 15) is 9.59 Å². The molecule has 184 valence electrons. The highest BCUT2D eigenvalue weighted by atomic mass is 16.7. The van der Waals surface area contributed by atoms with E-state index >= 15 is 0 Å². The summed E-state index contributed by atoms with van der Waals surface area (Å²) in [6.45, 7) is 4.36. The van der Waals surface area contributed by atoms with Gasteiger partial charge in [0, 0.05) is 12.0 Å². The zero-order valence-corrected chi connectivity index (χ0v) is 20.2. The van der Waals surface area contributed by atoms with Gasteiger partial charge in [0.1, 0.15) is 13.2 Å². The molecular formula is C28H31NO6. The second-order valence-electron chi connectivity index (χ2n) is 8.38. The number of nitrogens with zero attached hydrogens (tertiary/aromatic N) is 1. The first-order chi connectivity index (χ1) is 17.1. The van der Waals surface area contributed by atoms with Gasteiger partial charge in [-0.25, -0.2) is 0 Å². The van der Waals surface area contributed by atoms with Gasteiger partial charge in [0.15, 0.2) is 5.75 Å². The number of ether oxygens (including phenoxy) is 4. The van der Waals surface area contributed by atoms with Gasteiger partial charge in [0.2, 0.25) is 17.6 Å². The van der Waals surface area contributed by atoms with Crippen LogP contribution in [0.1, 0.15) is 37.3 Å². The van der Waals surface area contributed by atoms with Crippen molar-refractivity contribution in [3.05, 3.63) is 82.0 Å². The van der Waals surface area contributed by atoms with Crippen molar-refractivity contribution in [1.82, 2.24) is 4.57 Å². The fourth-order valence-corrected chi connectivity index (χ4v) is 4.12. The van der Waals surface area contributed by atoms with Crippen molar-refractivity contribution in [1.29, 1.82) is 0 Å². The molecule has 7 heteroatoms. The fourth-order valence-electron chi connectivity index (χ4n) is 4.12. The van der Waals surface area contributed by atoms with Crippen molar-refractivity contribution >= 4 is 5.97 Å². The van der Waals surface area contributed by atoms with Crippen molar-refractivity contribution in [3.63, 3.8) is 0 Å². The van der Waals surface area contributed by atoms with E-state index in [1.54, 1.807) is 18.4 Å². The van der Waals surface area contributed by atoms with E-state index in [4.69, 9.17) is 18.9 Å². The normalized spacial score (nSPS) is 15.4. The summed E-state index contributed by atoms with van der Waals surface area (Å²) in [4.78, 5) is 26.3. The molecule has 2 aromatic carbocycles. The second kappa shape index (κ2) is 11.7. The van der Waals surface area contributed by atoms with Crippen LogP contribution in [0.3, 0.4) is 0 Å². The summed E-state index contributed by atoms with van der Waals surface area (Å²) in [5, 5.41) is 0. The number of benzene rings is 2. The standard InChI is InChI=1S/C28H31NO6/c1-3-32-23(30)18-29-25(22-14-8-5-9-15-22)27(34-19-21-12-6-4-7-13-21)26(31)20(2)28(29)35-24-16-10-11-17-33-24/h4-9,12-15,24H,3,10-11,16-19H2,1-2H3. The van der Waals surface area contributed by atoms with Crippen molar-refractivity contribution in [2.75, 3.05) is 13.2 Å². The Morgan fingerprint density at radius 3 is 2.43 bits per heavy atom. The topological polar surface area (TPSA) is 76.0 Å². The summed E-state index contributed by atoms with van der Waals surface area (Å²) < 4.78 is 25.1. The molecule has 0 spiro atoms. The smallest absolute Gasteiger partial charge is 0.326 e. The van der Waals surface area contributed by atoms with Crippen LogP contribution < -0.4 is 14.9 Å². The van der Waals surface area contributed by atoms with E-state index in [0.717, 1.165) is 24.0 Å². The Morgan fingerprint density at radius 1 is 1.06 bits per heavy atom. The van der Waals surface area contributed by atoms with Crippen molar-refractivity contribution < 1.29 is 23.7 Å². The van der Waals surface area contributed by atoms with Crippen LogP contribution in [0.25, 0.3) is 11.3 Å². The van der Waals surface area contributed by atoms with E-state index < -0.39 is 12.3 Å². The number of rotatable bonds is 9. The van der Waals surface area contributed by atoms with Crippen LogP contribution in [-0.4, -0.2) is 30.0 Å². The number of hydrogen-bond donors (Lipinski definition) is 0. The Balaban J connectivity index is 1.86. The molecule has 0 bridgehead atoms. The van der Waals surface area contributed by atoms with E-state index in [1.165, 1.54) is 0 Å². The molecule has 3 aromatic rings. The molecule has 4 rings (SSSR count). The van der Waals surface area contributed by atoms with Crippen molar-refractivity contribution in [2.45, 2.75) is 52.6 Å². The third-order valence-corrected chi connectivity index (χ3v) is 5.84. The van der Waals surface area contributed by atoms with Gasteiger partial charge in [-0.3, -0.25) is 14.2 Å². The molecule has 1 atom stereocenters. The van der Waals surface area contributed by atoms with E-state index in [-0.39, 0.29) is 30.9 Å². The number of carbonyl (C=O) groups excluding carboxylic acids is 1. The SMILES string of the molecule is CCOC(=O)Cn1c(OC2CCCCO2)c(C)c(=O)c(OCc2ccccc2)c1-c1ccccc1. The van der Waals surface area contributed by atoms with Crippen LogP contribution in [0.4, 0.5) is 0 Å². The molecule has 1 aliphatic heterocycles. The van der Waals surface area contributed by atoms with Crippen LogP contribution in [-0.2, 0) is 27.4 Å². The van der Waals surface area contributed by atoms with Crippen molar-refractivity contribution in [2.24, 2.45) is 0 Å². The van der Waals surface area contributed by atoms with Gasteiger partial charge in [-0.2, -0.15) is 0 Å². The summed E-state index contributed by atoms with van der Waals surface area (Å²) in [6, 6.07) is 19.0. The Hall–Kier alpha value is -3.58. The number of pyridine rings is 1. The van der Waals surface area contributed by atoms with Gasteiger partial charge < -0.3 is 18.9 Å². The molecule has 1 saturated heterocycles. The van der Waals surface area contributed by atoms with Gasteiger partial charge in [0.05, 0.1) is 24.5 Å². The molecule has 1 fully saturated rings. The molecule has 35 heavy (non-hydrogen) atoms. The van der Waals surface area contributed by atoms with Gasteiger partial charge >= 0.3 is 5.97 Å². The molecule has 0 radical (unpaired) electrons. The highest BCUT2D eigenvalue weighted by Gasteiger charge is 2.27. The minimum Gasteiger partial charge on any atom is -0.483 e. The summed E-state index contributed by atoms with van der Waals surface area (Å²) in [7, 11) is 0. The largest absolute Gasteiger partial charge is 0.483 e. The lowest BCUT2D eigenvalue weighted by molar-refractivity contribution is -0.144. The average Bonchev–Trinajstić information content (AvgIpc) is 2.89. The Kier molecular flexibility index (Phi) is 8.21. The molecule has 0 amide bonds. The van der Waals surface area contributed by atoms with E-state index in [2.05, 4.69) is 0 Å². The predicted octanol–water partition coefficient (Wildman–Crippen LogP) is 4.87. The van der Waals surface area contributed by atoms with Gasteiger partial charge in [-0.15, -0.1) is 0 Å². The number of esters is 1. The van der Waals surface area contributed by atoms with Gasteiger partial charge in [-0.05, 0) is 32.3 Å². The van der Waals surface area contributed by atoms with E-state index in [0.29, 0.717) is 30.2 Å². The average molecular weight is 478 g/mol. The van der Waals surface area contributed by atoms with Crippen LogP contribution >= 0.6 is 0 Å². The maximum Gasteiger partial charge on any atom is 0.326 e. The third kappa shape index (κ3) is 5.92. The predicted molar refractivity (Wildman–Crippen MR) is 133 cm³/mol. The lowest BCUT2D eigenvalue weighted by atomic mass is 10.1. The monoisotopic (exact) mass is 477 g/mol. The molecular weight excluding hydrogens is 446 g/mol. The fraction of sp³-hybridized carbons (Fsp3) is 0.357.